The van der Waals surface area contributed by atoms with E-state index < -0.39 is 9.05 Å². The van der Waals surface area contributed by atoms with Crippen molar-refractivity contribution in [3.8, 4) is 6.07 Å². The Balaban J connectivity index is 0.000000612. The number of rotatable bonds is 2. The minimum Gasteiger partial charge on any atom is -0.377 e. The lowest BCUT2D eigenvalue weighted by atomic mass is 10.1. The molecule has 4 nitrogen and oxygen atoms in total. The van der Waals surface area contributed by atoms with Gasteiger partial charge in [-0.05, 0) is 11.5 Å². The lowest BCUT2D eigenvalue weighted by Crippen LogP contribution is -2.12. The van der Waals surface area contributed by atoms with Gasteiger partial charge in [0.15, 0.2) is 0 Å². The SMILES string of the molecule is CC#N.CN(C)c1ccc2ccccc2c1S(=O)(=O)Cl. The van der Waals surface area contributed by atoms with Crippen molar-refractivity contribution in [1.82, 2.24) is 0 Å². The van der Waals surface area contributed by atoms with E-state index in [0.29, 0.717) is 11.1 Å². The van der Waals surface area contributed by atoms with E-state index in [1.807, 2.05) is 18.2 Å². The number of benzene rings is 2. The molecule has 0 unspecified atom stereocenters. The number of nitrogens with zero attached hydrogens (tertiary/aromatic N) is 2. The first-order chi connectivity index (χ1) is 9.32. The lowest BCUT2D eigenvalue weighted by molar-refractivity contribution is 0.610. The van der Waals surface area contributed by atoms with Crippen molar-refractivity contribution in [1.29, 1.82) is 5.26 Å². The Morgan fingerprint density at radius 1 is 1.15 bits per heavy atom. The molecule has 0 aliphatic carbocycles. The summed E-state index contributed by atoms with van der Waals surface area (Å²) in [7, 11) is 5.33. The van der Waals surface area contributed by atoms with Crippen LogP contribution < -0.4 is 4.90 Å². The third-order valence-corrected chi connectivity index (χ3v) is 3.96. The molecule has 0 N–H and O–H groups in total. The van der Waals surface area contributed by atoms with Crippen LogP contribution in [0, 0.1) is 11.3 Å². The highest BCUT2D eigenvalue weighted by atomic mass is 35.7. The van der Waals surface area contributed by atoms with Gasteiger partial charge in [0.1, 0.15) is 4.90 Å². The van der Waals surface area contributed by atoms with E-state index in [-0.39, 0.29) is 4.90 Å². The number of fused-ring (bicyclic) bond motifs is 1. The molecule has 20 heavy (non-hydrogen) atoms. The second-order valence-corrected chi connectivity index (χ2v) is 6.69. The maximum absolute atomic E-state index is 11.7. The normalized spacial score (nSPS) is 10.3. The van der Waals surface area contributed by atoms with Gasteiger partial charge in [0.05, 0.1) is 11.8 Å². The molecule has 0 bridgehead atoms. The average molecular weight is 311 g/mol. The van der Waals surface area contributed by atoms with Crippen LogP contribution in [0.1, 0.15) is 6.92 Å². The van der Waals surface area contributed by atoms with Gasteiger partial charge in [0, 0.05) is 37.1 Å². The van der Waals surface area contributed by atoms with Gasteiger partial charge in [-0.2, -0.15) is 5.26 Å². The monoisotopic (exact) mass is 310 g/mol. The summed E-state index contributed by atoms with van der Waals surface area (Å²) in [6, 6.07) is 12.7. The van der Waals surface area contributed by atoms with Crippen molar-refractivity contribution in [2.45, 2.75) is 11.8 Å². The van der Waals surface area contributed by atoms with E-state index in [9.17, 15) is 8.42 Å². The summed E-state index contributed by atoms with van der Waals surface area (Å²) >= 11 is 0. The van der Waals surface area contributed by atoms with E-state index >= 15 is 0 Å². The maximum Gasteiger partial charge on any atom is 0.263 e. The van der Waals surface area contributed by atoms with Gasteiger partial charge < -0.3 is 4.90 Å². The number of hydrogen-bond donors (Lipinski definition) is 0. The highest BCUT2D eigenvalue weighted by molar-refractivity contribution is 8.14. The second kappa shape index (κ2) is 6.60. The molecule has 106 valence electrons. The van der Waals surface area contributed by atoms with Crippen LogP contribution in [0.4, 0.5) is 5.69 Å². The maximum atomic E-state index is 11.7. The summed E-state index contributed by atoms with van der Waals surface area (Å²) in [5, 5.41) is 8.83. The fraction of sp³-hybridized carbons (Fsp3) is 0.214. The Kier molecular flexibility index (Phi) is 5.37. The number of halogens is 1. The standard InChI is InChI=1S/C12H12ClNO2S.C2H3N/c1-14(2)11-8-7-9-5-3-4-6-10(9)12(11)17(13,15)16;1-2-3/h3-8H,1-2H3;1H3. The molecule has 2 aromatic carbocycles. The summed E-state index contributed by atoms with van der Waals surface area (Å²) in [4.78, 5) is 1.91. The zero-order chi connectivity index (χ0) is 15.3. The zero-order valence-corrected chi connectivity index (χ0v) is 13.0. The average Bonchev–Trinajstić information content (AvgIpc) is 2.37. The molecular weight excluding hydrogens is 296 g/mol. The van der Waals surface area contributed by atoms with Gasteiger partial charge in [-0.15, -0.1) is 0 Å². The van der Waals surface area contributed by atoms with Gasteiger partial charge in [-0.25, -0.2) is 8.42 Å². The molecule has 6 heteroatoms. The fourth-order valence-electron chi connectivity index (χ4n) is 1.84. The van der Waals surface area contributed by atoms with E-state index in [2.05, 4.69) is 0 Å². The van der Waals surface area contributed by atoms with Gasteiger partial charge >= 0.3 is 0 Å². The third kappa shape index (κ3) is 3.62. The first kappa shape index (κ1) is 16.3. The predicted molar refractivity (Wildman–Crippen MR) is 82.6 cm³/mol. The molecular formula is C14H15ClN2O2S. The van der Waals surface area contributed by atoms with E-state index in [1.54, 1.807) is 43.3 Å². The Bertz CT molecular complexity index is 749. The summed E-state index contributed by atoms with van der Waals surface area (Å²) in [5.74, 6) is 0. The molecule has 0 saturated carbocycles. The Morgan fingerprint density at radius 3 is 2.20 bits per heavy atom. The van der Waals surface area contributed by atoms with Crippen molar-refractivity contribution in [3.05, 3.63) is 36.4 Å². The Morgan fingerprint density at radius 2 is 1.70 bits per heavy atom. The van der Waals surface area contributed by atoms with Gasteiger partial charge in [0.2, 0.25) is 0 Å². The largest absolute Gasteiger partial charge is 0.377 e. The van der Waals surface area contributed by atoms with Crippen LogP contribution in [0.25, 0.3) is 10.8 Å². The number of hydrogen-bond acceptors (Lipinski definition) is 4. The quantitative estimate of drug-likeness (QED) is 0.798. The molecule has 0 amide bonds. The number of nitriles is 1. The molecule has 0 aliphatic heterocycles. The van der Waals surface area contributed by atoms with Crippen LogP contribution in [0.5, 0.6) is 0 Å². The van der Waals surface area contributed by atoms with Gasteiger partial charge in [-0.1, -0.05) is 30.3 Å². The topological polar surface area (TPSA) is 61.2 Å². The van der Waals surface area contributed by atoms with Crippen molar-refractivity contribution in [2.75, 3.05) is 19.0 Å². The summed E-state index contributed by atoms with van der Waals surface area (Å²) in [6.45, 7) is 1.43. The van der Waals surface area contributed by atoms with E-state index in [0.717, 1.165) is 5.39 Å². The highest BCUT2D eigenvalue weighted by Gasteiger charge is 2.20. The molecule has 0 aromatic heterocycles. The number of anilines is 1. The molecule has 0 heterocycles. The van der Waals surface area contributed by atoms with E-state index in [1.165, 1.54) is 6.92 Å². The highest BCUT2D eigenvalue weighted by Crippen LogP contribution is 2.34. The zero-order valence-electron chi connectivity index (χ0n) is 11.5. The van der Waals surface area contributed by atoms with Crippen LogP contribution >= 0.6 is 10.7 Å². The first-order valence-electron chi connectivity index (χ1n) is 5.77. The van der Waals surface area contributed by atoms with Crippen molar-refractivity contribution in [2.24, 2.45) is 0 Å². The molecule has 0 atom stereocenters. The fourth-order valence-corrected chi connectivity index (χ4v) is 3.28. The summed E-state index contributed by atoms with van der Waals surface area (Å²) < 4.78 is 23.4. The first-order valence-corrected chi connectivity index (χ1v) is 8.08. The van der Waals surface area contributed by atoms with Crippen molar-refractivity contribution >= 4 is 36.2 Å². The van der Waals surface area contributed by atoms with Crippen molar-refractivity contribution in [3.63, 3.8) is 0 Å². The van der Waals surface area contributed by atoms with Crippen LogP contribution in [-0.4, -0.2) is 22.5 Å². The molecule has 2 rings (SSSR count). The van der Waals surface area contributed by atoms with E-state index in [4.69, 9.17) is 15.9 Å². The molecule has 0 fully saturated rings. The van der Waals surface area contributed by atoms with Gasteiger partial charge in [-0.3, -0.25) is 0 Å². The third-order valence-electron chi connectivity index (χ3n) is 2.58. The summed E-state index contributed by atoms with van der Waals surface area (Å²) in [5.41, 5.74) is 0.596. The van der Waals surface area contributed by atoms with Crippen LogP contribution in [0.3, 0.4) is 0 Å². The second-order valence-electron chi connectivity index (χ2n) is 4.19. The molecule has 0 saturated heterocycles. The van der Waals surface area contributed by atoms with Crippen LogP contribution in [0.15, 0.2) is 41.3 Å². The summed E-state index contributed by atoms with van der Waals surface area (Å²) in [6.07, 6.45) is 0. The van der Waals surface area contributed by atoms with Gasteiger partial charge in [0.25, 0.3) is 9.05 Å². The molecule has 0 radical (unpaired) electrons. The Hall–Kier alpha value is -1.77. The lowest BCUT2D eigenvalue weighted by Gasteiger charge is -2.17. The van der Waals surface area contributed by atoms with Crippen LogP contribution in [0.2, 0.25) is 0 Å². The van der Waals surface area contributed by atoms with Crippen LogP contribution in [-0.2, 0) is 9.05 Å². The smallest absolute Gasteiger partial charge is 0.263 e. The molecule has 0 spiro atoms. The minimum absolute atomic E-state index is 0.169. The molecule has 0 aliphatic rings. The van der Waals surface area contributed by atoms with Crippen molar-refractivity contribution < 1.29 is 8.42 Å². The Labute approximate surface area is 123 Å². The predicted octanol–water partition coefficient (Wildman–Crippen LogP) is 3.36. The minimum atomic E-state index is -3.77. The molecule has 2 aromatic rings.